The maximum Gasteiger partial charge on any atom is 0.347 e. The van der Waals surface area contributed by atoms with Gasteiger partial charge in [-0.15, -0.1) is 0 Å². The third-order valence-corrected chi connectivity index (χ3v) is 4.08. The Morgan fingerprint density at radius 3 is 1.43 bits per heavy atom. The highest BCUT2D eigenvalue weighted by molar-refractivity contribution is 6.04. The van der Waals surface area contributed by atoms with Crippen LogP contribution in [0.5, 0.6) is 0 Å². The van der Waals surface area contributed by atoms with E-state index in [1.165, 1.54) is 26.0 Å². The molecule has 0 amide bonds. The molecule has 166 valence electrons. The van der Waals surface area contributed by atoms with Crippen LogP contribution in [0.4, 0.5) is 0 Å². The van der Waals surface area contributed by atoms with Crippen LogP contribution in [0.2, 0.25) is 0 Å². The summed E-state index contributed by atoms with van der Waals surface area (Å²) in [5.74, 6) is -3.08. The summed E-state index contributed by atoms with van der Waals surface area (Å²) in [6, 6.07) is 5.83. The van der Waals surface area contributed by atoms with Crippen molar-refractivity contribution < 1.29 is 38.1 Å². The highest BCUT2D eigenvalue weighted by Gasteiger charge is 2.26. The van der Waals surface area contributed by atoms with Crippen molar-refractivity contribution in [2.75, 3.05) is 13.2 Å². The van der Waals surface area contributed by atoms with Gasteiger partial charge in [0.1, 0.15) is 0 Å². The number of carbonyl (C=O) groups is 4. The third-order valence-electron chi connectivity index (χ3n) is 4.08. The minimum atomic E-state index is -1.13. The van der Waals surface area contributed by atoms with E-state index in [0.717, 1.165) is 12.8 Å². The van der Waals surface area contributed by atoms with Gasteiger partial charge in [-0.05, 0) is 38.8 Å². The van der Waals surface area contributed by atoms with E-state index in [0.29, 0.717) is 12.8 Å². The topological polar surface area (TPSA) is 105 Å². The van der Waals surface area contributed by atoms with Crippen LogP contribution in [0.25, 0.3) is 0 Å². The second-order valence-corrected chi connectivity index (χ2v) is 6.68. The van der Waals surface area contributed by atoms with Gasteiger partial charge in [0.05, 0.1) is 24.3 Å². The standard InChI is InChI=1S/C22H30O8/c1-5-7-13-27-19(23)15(3)29-21(25)17-11-9-10-12-18(17)22(26)30-16(4)20(24)28-14-8-6-2/h9-12,15-16H,5-8,13-14H2,1-4H3. The van der Waals surface area contributed by atoms with Crippen LogP contribution in [-0.2, 0) is 28.5 Å². The van der Waals surface area contributed by atoms with E-state index < -0.39 is 36.1 Å². The molecular formula is C22H30O8. The zero-order chi connectivity index (χ0) is 22.5. The molecule has 0 aliphatic rings. The molecule has 8 heteroatoms. The van der Waals surface area contributed by atoms with Gasteiger partial charge in [-0.25, -0.2) is 19.2 Å². The predicted molar refractivity (Wildman–Crippen MR) is 108 cm³/mol. The molecule has 0 aliphatic carbocycles. The van der Waals surface area contributed by atoms with E-state index in [9.17, 15) is 19.2 Å². The fraction of sp³-hybridized carbons (Fsp3) is 0.545. The number of hydrogen-bond donors (Lipinski definition) is 0. The van der Waals surface area contributed by atoms with Crippen molar-refractivity contribution in [1.82, 2.24) is 0 Å². The maximum absolute atomic E-state index is 12.5. The fourth-order valence-corrected chi connectivity index (χ4v) is 2.25. The first-order valence-electron chi connectivity index (χ1n) is 10.2. The molecule has 2 atom stereocenters. The summed E-state index contributed by atoms with van der Waals surface area (Å²) < 4.78 is 20.3. The Labute approximate surface area is 176 Å². The number of unbranched alkanes of at least 4 members (excludes halogenated alkanes) is 2. The first kappa shape index (κ1) is 25.1. The molecule has 0 bridgehead atoms. The highest BCUT2D eigenvalue weighted by Crippen LogP contribution is 2.15. The summed E-state index contributed by atoms with van der Waals surface area (Å²) in [5.41, 5.74) is -0.162. The van der Waals surface area contributed by atoms with Crippen molar-refractivity contribution in [3.8, 4) is 0 Å². The Hall–Kier alpha value is -2.90. The van der Waals surface area contributed by atoms with Gasteiger partial charge in [-0.1, -0.05) is 38.8 Å². The SMILES string of the molecule is CCCCOC(=O)C(C)OC(=O)c1ccccc1C(=O)OC(C)C(=O)OCCCC. The van der Waals surface area contributed by atoms with Crippen LogP contribution in [0.3, 0.4) is 0 Å². The molecule has 0 radical (unpaired) electrons. The summed E-state index contributed by atoms with van der Waals surface area (Å²) in [7, 11) is 0. The van der Waals surface area contributed by atoms with Crippen LogP contribution in [-0.4, -0.2) is 49.3 Å². The van der Waals surface area contributed by atoms with Gasteiger partial charge >= 0.3 is 23.9 Å². The van der Waals surface area contributed by atoms with Crippen molar-refractivity contribution in [2.24, 2.45) is 0 Å². The number of esters is 4. The quantitative estimate of drug-likeness (QED) is 0.286. The minimum absolute atomic E-state index is 0.0812. The minimum Gasteiger partial charge on any atom is -0.463 e. The van der Waals surface area contributed by atoms with Crippen molar-refractivity contribution in [3.05, 3.63) is 35.4 Å². The van der Waals surface area contributed by atoms with Gasteiger partial charge in [0.25, 0.3) is 0 Å². The molecule has 0 fully saturated rings. The summed E-state index contributed by atoms with van der Waals surface area (Å²) >= 11 is 0. The molecule has 1 aromatic rings. The zero-order valence-electron chi connectivity index (χ0n) is 18.0. The van der Waals surface area contributed by atoms with Crippen molar-refractivity contribution >= 4 is 23.9 Å². The molecule has 0 aromatic heterocycles. The van der Waals surface area contributed by atoms with Gasteiger partial charge in [-0.2, -0.15) is 0 Å². The summed E-state index contributed by atoms with van der Waals surface area (Å²) in [5, 5.41) is 0. The summed E-state index contributed by atoms with van der Waals surface area (Å²) in [4.78, 5) is 48.7. The lowest BCUT2D eigenvalue weighted by Crippen LogP contribution is -2.29. The maximum atomic E-state index is 12.5. The van der Waals surface area contributed by atoms with Crippen LogP contribution in [0.15, 0.2) is 24.3 Å². The van der Waals surface area contributed by atoms with E-state index in [-0.39, 0.29) is 24.3 Å². The van der Waals surface area contributed by atoms with Crippen LogP contribution >= 0.6 is 0 Å². The molecule has 1 rings (SSSR count). The molecule has 0 saturated heterocycles. The lowest BCUT2D eigenvalue weighted by molar-refractivity contribution is -0.153. The van der Waals surface area contributed by atoms with Gasteiger partial charge < -0.3 is 18.9 Å². The molecule has 1 aromatic carbocycles. The molecule has 30 heavy (non-hydrogen) atoms. The Morgan fingerprint density at radius 2 is 1.10 bits per heavy atom. The Bertz CT molecular complexity index is 667. The molecule has 0 spiro atoms. The van der Waals surface area contributed by atoms with E-state index in [2.05, 4.69) is 0 Å². The van der Waals surface area contributed by atoms with Crippen LogP contribution < -0.4 is 0 Å². The smallest absolute Gasteiger partial charge is 0.347 e. The normalized spacial score (nSPS) is 12.4. The number of ether oxygens (including phenoxy) is 4. The van der Waals surface area contributed by atoms with Crippen LogP contribution in [0, 0.1) is 0 Å². The van der Waals surface area contributed by atoms with Gasteiger partial charge in [-0.3, -0.25) is 0 Å². The highest BCUT2D eigenvalue weighted by atomic mass is 16.6. The average molecular weight is 422 g/mol. The third kappa shape index (κ3) is 8.23. The van der Waals surface area contributed by atoms with Crippen LogP contribution in [0.1, 0.15) is 74.1 Å². The Kier molecular flexibility index (Phi) is 11.2. The number of benzene rings is 1. The monoisotopic (exact) mass is 422 g/mol. The van der Waals surface area contributed by atoms with Gasteiger partial charge in [0.15, 0.2) is 12.2 Å². The van der Waals surface area contributed by atoms with E-state index in [4.69, 9.17) is 18.9 Å². The molecule has 2 unspecified atom stereocenters. The molecule has 0 N–H and O–H groups in total. The molecule has 0 heterocycles. The summed E-state index contributed by atoms with van der Waals surface area (Å²) in [6.07, 6.45) is 0.875. The van der Waals surface area contributed by atoms with Gasteiger partial charge in [0.2, 0.25) is 0 Å². The average Bonchev–Trinajstić information content (AvgIpc) is 2.73. The first-order valence-corrected chi connectivity index (χ1v) is 10.2. The Morgan fingerprint density at radius 1 is 0.733 bits per heavy atom. The van der Waals surface area contributed by atoms with Crippen molar-refractivity contribution in [2.45, 2.75) is 65.6 Å². The molecule has 8 nitrogen and oxygen atoms in total. The number of carbonyl (C=O) groups excluding carboxylic acids is 4. The van der Waals surface area contributed by atoms with E-state index in [1.807, 2.05) is 13.8 Å². The van der Waals surface area contributed by atoms with E-state index >= 15 is 0 Å². The van der Waals surface area contributed by atoms with Gasteiger partial charge in [0, 0.05) is 0 Å². The van der Waals surface area contributed by atoms with Crippen molar-refractivity contribution in [1.29, 1.82) is 0 Å². The zero-order valence-corrected chi connectivity index (χ0v) is 18.0. The fourth-order valence-electron chi connectivity index (χ4n) is 2.25. The lowest BCUT2D eigenvalue weighted by Gasteiger charge is -2.16. The lowest BCUT2D eigenvalue weighted by atomic mass is 10.1. The van der Waals surface area contributed by atoms with E-state index in [1.54, 1.807) is 12.1 Å². The second kappa shape index (κ2) is 13.3. The molecular weight excluding hydrogens is 392 g/mol. The molecule has 0 aliphatic heterocycles. The second-order valence-electron chi connectivity index (χ2n) is 6.68. The molecule has 0 saturated carbocycles. The number of hydrogen-bond acceptors (Lipinski definition) is 8. The summed E-state index contributed by atoms with van der Waals surface area (Å²) in [6.45, 7) is 7.18. The number of rotatable bonds is 12. The largest absolute Gasteiger partial charge is 0.463 e. The first-order chi connectivity index (χ1) is 14.3. The van der Waals surface area contributed by atoms with Crippen molar-refractivity contribution in [3.63, 3.8) is 0 Å². The predicted octanol–water partition coefficient (Wildman–Crippen LogP) is 3.46. The Balaban J connectivity index is 2.76.